The minimum absolute atomic E-state index is 0.0388. The number of halogens is 2. The molecule has 2 atom stereocenters. The zero-order valence-electron chi connectivity index (χ0n) is 8.25. The summed E-state index contributed by atoms with van der Waals surface area (Å²) in [5.41, 5.74) is 5.94. The zero-order valence-corrected chi connectivity index (χ0v) is 9.07. The van der Waals surface area contributed by atoms with E-state index in [4.69, 9.17) is 5.73 Å². The smallest absolute Gasteiger partial charge is 0.130 e. The van der Waals surface area contributed by atoms with Crippen molar-refractivity contribution in [2.75, 3.05) is 5.75 Å². The summed E-state index contributed by atoms with van der Waals surface area (Å²) in [6.07, 6.45) is 2.03. The van der Waals surface area contributed by atoms with Crippen LogP contribution in [0.1, 0.15) is 24.4 Å². The maximum atomic E-state index is 13.4. The molecule has 1 heterocycles. The van der Waals surface area contributed by atoms with Crippen LogP contribution in [0.3, 0.4) is 0 Å². The third-order valence-electron chi connectivity index (χ3n) is 2.70. The molecule has 1 aliphatic rings. The first-order valence-corrected chi connectivity index (χ1v) is 6.06. The van der Waals surface area contributed by atoms with Gasteiger partial charge in [0, 0.05) is 16.9 Å². The minimum Gasteiger partial charge on any atom is -0.323 e. The lowest BCUT2D eigenvalue weighted by molar-refractivity contribution is 0.514. The van der Waals surface area contributed by atoms with E-state index < -0.39 is 17.7 Å². The van der Waals surface area contributed by atoms with E-state index in [0.717, 1.165) is 18.6 Å². The Balaban J connectivity index is 2.27. The molecule has 2 unspecified atom stereocenters. The minimum atomic E-state index is -0.532. The van der Waals surface area contributed by atoms with Crippen molar-refractivity contribution in [3.8, 4) is 0 Å². The number of benzene rings is 1. The number of rotatable bonds is 2. The molecule has 0 aromatic heterocycles. The molecule has 0 spiro atoms. The fourth-order valence-electron chi connectivity index (χ4n) is 1.90. The molecule has 1 aromatic carbocycles. The van der Waals surface area contributed by atoms with E-state index in [1.807, 2.05) is 0 Å². The highest BCUT2D eigenvalue weighted by Crippen LogP contribution is 2.36. The second-order valence-corrected chi connectivity index (χ2v) is 5.06. The van der Waals surface area contributed by atoms with Crippen LogP contribution in [-0.2, 0) is 0 Å². The van der Waals surface area contributed by atoms with Crippen LogP contribution in [-0.4, -0.2) is 11.0 Å². The van der Waals surface area contributed by atoms with E-state index in [9.17, 15) is 8.78 Å². The molecule has 0 amide bonds. The average molecular weight is 229 g/mol. The average Bonchev–Trinajstić information content (AvgIpc) is 2.69. The molecule has 82 valence electrons. The molecule has 1 aromatic rings. The number of hydrogen-bond acceptors (Lipinski definition) is 2. The Labute approximate surface area is 92.0 Å². The summed E-state index contributed by atoms with van der Waals surface area (Å²) in [6, 6.07) is 3.36. The molecule has 15 heavy (non-hydrogen) atoms. The highest BCUT2D eigenvalue weighted by Gasteiger charge is 2.27. The molecule has 1 fully saturated rings. The standard InChI is InChI=1S/C11H13F2NS/c12-7-3-1-4-8(13)10(7)11(14)9-5-2-6-15-9/h1,3-4,9,11H,2,5-6,14H2. The van der Waals surface area contributed by atoms with Crippen molar-refractivity contribution in [2.24, 2.45) is 5.73 Å². The van der Waals surface area contributed by atoms with Gasteiger partial charge >= 0.3 is 0 Å². The SMILES string of the molecule is NC(c1c(F)cccc1F)C1CCCS1. The predicted molar refractivity (Wildman–Crippen MR) is 58.8 cm³/mol. The van der Waals surface area contributed by atoms with Gasteiger partial charge in [0.05, 0.1) is 0 Å². The lowest BCUT2D eigenvalue weighted by atomic mass is 10.0. The zero-order chi connectivity index (χ0) is 10.8. The van der Waals surface area contributed by atoms with Gasteiger partial charge in [-0.3, -0.25) is 0 Å². The van der Waals surface area contributed by atoms with Gasteiger partial charge in [-0.25, -0.2) is 8.78 Å². The summed E-state index contributed by atoms with van der Waals surface area (Å²) in [4.78, 5) is 0. The first kappa shape index (κ1) is 10.9. The lowest BCUT2D eigenvalue weighted by Crippen LogP contribution is -2.24. The Morgan fingerprint density at radius 2 is 2.00 bits per heavy atom. The summed E-state index contributed by atoms with van der Waals surface area (Å²) >= 11 is 1.70. The molecule has 0 radical (unpaired) electrons. The Bertz CT molecular complexity index is 330. The van der Waals surface area contributed by atoms with Crippen LogP contribution in [0.4, 0.5) is 8.78 Å². The largest absolute Gasteiger partial charge is 0.323 e. The van der Waals surface area contributed by atoms with Gasteiger partial charge in [-0.1, -0.05) is 6.07 Å². The molecule has 0 bridgehead atoms. The summed E-state index contributed by atoms with van der Waals surface area (Å²) in [5.74, 6) is -0.0287. The first-order chi connectivity index (χ1) is 7.20. The Hall–Kier alpha value is -0.610. The van der Waals surface area contributed by atoms with Gasteiger partial charge in [-0.2, -0.15) is 11.8 Å². The van der Waals surface area contributed by atoms with Crippen LogP contribution in [0.5, 0.6) is 0 Å². The molecular weight excluding hydrogens is 216 g/mol. The summed E-state index contributed by atoms with van der Waals surface area (Å²) in [5, 5.41) is 0.149. The maximum Gasteiger partial charge on any atom is 0.130 e. The summed E-state index contributed by atoms with van der Waals surface area (Å²) in [7, 11) is 0. The van der Waals surface area contributed by atoms with Gasteiger partial charge in [0.15, 0.2) is 0 Å². The lowest BCUT2D eigenvalue weighted by Gasteiger charge is -2.19. The highest BCUT2D eigenvalue weighted by atomic mass is 32.2. The van der Waals surface area contributed by atoms with Crippen molar-refractivity contribution < 1.29 is 8.78 Å². The molecule has 1 saturated heterocycles. The monoisotopic (exact) mass is 229 g/mol. The van der Waals surface area contributed by atoms with Crippen molar-refractivity contribution in [1.29, 1.82) is 0 Å². The van der Waals surface area contributed by atoms with Crippen molar-refractivity contribution in [3.05, 3.63) is 35.4 Å². The van der Waals surface area contributed by atoms with Crippen molar-refractivity contribution in [2.45, 2.75) is 24.1 Å². The number of hydrogen-bond donors (Lipinski definition) is 1. The van der Waals surface area contributed by atoms with E-state index >= 15 is 0 Å². The van der Waals surface area contributed by atoms with Crippen LogP contribution >= 0.6 is 11.8 Å². The third kappa shape index (κ3) is 2.16. The fraction of sp³-hybridized carbons (Fsp3) is 0.455. The van der Waals surface area contributed by atoms with Crippen LogP contribution in [0.15, 0.2) is 18.2 Å². The van der Waals surface area contributed by atoms with Gasteiger partial charge in [0.1, 0.15) is 11.6 Å². The molecule has 2 N–H and O–H groups in total. The van der Waals surface area contributed by atoms with Crippen LogP contribution < -0.4 is 5.73 Å². The van der Waals surface area contributed by atoms with Crippen molar-refractivity contribution in [3.63, 3.8) is 0 Å². The van der Waals surface area contributed by atoms with E-state index in [-0.39, 0.29) is 10.8 Å². The van der Waals surface area contributed by atoms with E-state index in [2.05, 4.69) is 0 Å². The van der Waals surface area contributed by atoms with E-state index in [0.29, 0.717) is 0 Å². The quantitative estimate of drug-likeness (QED) is 0.844. The van der Waals surface area contributed by atoms with E-state index in [1.54, 1.807) is 11.8 Å². The highest BCUT2D eigenvalue weighted by molar-refractivity contribution is 8.00. The summed E-state index contributed by atoms with van der Waals surface area (Å²) < 4.78 is 26.9. The van der Waals surface area contributed by atoms with Crippen LogP contribution in [0, 0.1) is 11.6 Å². The Morgan fingerprint density at radius 3 is 2.53 bits per heavy atom. The van der Waals surface area contributed by atoms with Gasteiger partial charge in [0.2, 0.25) is 0 Å². The third-order valence-corrected chi connectivity index (χ3v) is 4.18. The maximum absolute atomic E-state index is 13.4. The van der Waals surface area contributed by atoms with Crippen LogP contribution in [0.2, 0.25) is 0 Å². The Kier molecular flexibility index (Phi) is 3.26. The second-order valence-electron chi connectivity index (χ2n) is 3.71. The van der Waals surface area contributed by atoms with Gasteiger partial charge < -0.3 is 5.73 Å². The Morgan fingerprint density at radius 1 is 1.33 bits per heavy atom. The van der Waals surface area contributed by atoms with Gasteiger partial charge in [-0.15, -0.1) is 0 Å². The second kappa shape index (κ2) is 4.49. The normalized spacial score (nSPS) is 23.0. The molecule has 1 aliphatic heterocycles. The summed E-state index contributed by atoms with van der Waals surface area (Å²) in [6.45, 7) is 0. The van der Waals surface area contributed by atoms with Gasteiger partial charge in [0.25, 0.3) is 0 Å². The molecular formula is C11H13F2NS. The molecule has 4 heteroatoms. The van der Waals surface area contributed by atoms with Crippen molar-refractivity contribution >= 4 is 11.8 Å². The molecule has 0 saturated carbocycles. The molecule has 2 rings (SSSR count). The topological polar surface area (TPSA) is 26.0 Å². The van der Waals surface area contributed by atoms with E-state index in [1.165, 1.54) is 18.2 Å². The molecule has 1 nitrogen and oxygen atoms in total. The molecule has 0 aliphatic carbocycles. The first-order valence-electron chi connectivity index (χ1n) is 5.01. The fourth-order valence-corrected chi connectivity index (χ4v) is 3.21. The number of nitrogens with two attached hydrogens (primary N) is 1. The van der Waals surface area contributed by atoms with Crippen molar-refractivity contribution in [1.82, 2.24) is 0 Å². The number of thioether (sulfide) groups is 1. The predicted octanol–water partition coefficient (Wildman–Crippen LogP) is 2.86. The van der Waals surface area contributed by atoms with Crippen LogP contribution in [0.25, 0.3) is 0 Å². The van der Waals surface area contributed by atoms with Gasteiger partial charge in [-0.05, 0) is 30.7 Å².